The van der Waals surface area contributed by atoms with E-state index in [9.17, 15) is 4.79 Å². The number of pyridine rings is 1. The molecule has 0 saturated carbocycles. The largest absolute Gasteiger partial charge is 0.350 e. The Bertz CT molecular complexity index is 962. The highest BCUT2D eigenvalue weighted by Crippen LogP contribution is 2.25. The van der Waals surface area contributed by atoms with Crippen LogP contribution in [0.25, 0.3) is 11.3 Å². The number of fused-ring (bicyclic) bond motifs is 1. The summed E-state index contributed by atoms with van der Waals surface area (Å²) in [6, 6.07) is 3.52. The van der Waals surface area contributed by atoms with Crippen molar-refractivity contribution in [3.05, 3.63) is 52.3 Å². The van der Waals surface area contributed by atoms with E-state index >= 15 is 0 Å². The average molecular weight is 358 g/mol. The molecule has 0 atom stereocenters. The van der Waals surface area contributed by atoms with Crippen LogP contribution in [0.5, 0.6) is 0 Å². The van der Waals surface area contributed by atoms with E-state index in [4.69, 9.17) is 16.1 Å². The molecule has 0 fully saturated rings. The van der Waals surface area contributed by atoms with Gasteiger partial charge in [0.05, 0.1) is 11.2 Å². The molecule has 0 aromatic carbocycles. The van der Waals surface area contributed by atoms with Crippen molar-refractivity contribution in [3.63, 3.8) is 0 Å². The molecule has 4 rings (SSSR count). The van der Waals surface area contributed by atoms with Crippen molar-refractivity contribution in [2.75, 3.05) is 6.54 Å². The molecule has 8 heteroatoms. The number of hydrogen-bond donors (Lipinski definition) is 0. The molecule has 1 aliphatic rings. The number of hydrogen-bond acceptors (Lipinski definition) is 5. The number of aromatic nitrogens is 4. The van der Waals surface area contributed by atoms with Gasteiger partial charge in [0.15, 0.2) is 0 Å². The van der Waals surface area contributed by atoms with Crippen molar-refractivity contribution >= 4 is 17.5 Å². The Morgan fingerprint density at radius 2 is 2.16 bits per heavy atom. The first kappa shape index (κ1) is 15.8. The molecule has 0 bridgehead atoms. The van der Waals surface area contributed by atoms with Crippen molar-refractivity contribution in [1.29, 1.82) is 0 Å². The molecule has 0 radical (unpaired) electrons. The average Bonchev–Trinajstić information content (AvgIpc) is 3.21. The summed E-state index contributed by atoms with van der Waals surface area (Å²) < 4.78 is 7.04. The Balaban J connectivity index is 1.57. The summed E-state index contributed by atoms with van der Waals surface area (Å²) in [5.74, 6) is 0.0302. The summed E-state index contributed by atoms with van der Waals surface area (Å²) in [4.78, 5) is 18.8. The van der Waals surface area contributed by atoms with E-state index in [-0.39, 0.29) is 11.7 Å². The van der Waals surface area contributed by atoms with Crippen LogP contribution in [0.3, 0.4) is 0 Å². The summed E-state index contributed by atoms with van der Waals surface area (Å²) in [6.45, 7) is 2.99. The predicted molar refractivity (Wildman–Crippen MR) is 91.1 cm³/mol. The van der Waals surface area contributed by atoms with Gasteiger partial charge in [-0.3, -0.25) is 14.5 Å². The van der Waals surface area contributed by atoms with Gasteiger partial charge in [0.2, 0.25) is 5.76 Å². The first-order valence-corrected chi connectivity index (χ1v) is 8.29. The first-order valence-electron chi connectivity index (χ1n) is 7.91. The standard InChI is InChI=1S/C17H16ClN5O2/c1-10-13(8-20-22(10)2)15-6-16(25-21-15)17(24)23-4-3-14-11(9-23)5-12(18)7-19-14/h5-8H,3-4,9H2,1-2H3. The monoisotopic (exact) mass is 357 g/mol. The second-order valence-electron chi connectivity index (χ2n) is 6.08. The van der Waals surface area contributed by atoms with E-state index in [1.54, 1.807) is 28.0 Å². The fraction of sp³-hybridized carbons (Fsp3) is 0.294. The molecular weight excluding hydrogens is 342 g/mol. The summed E-state index contributed by atoms with van der Waals surface area (Å²) in [6.07, 6.45) is 4.05. The van der Waals surface area contributed by atoms with Crippen LogP contribution in [0, 0.1) is 6.92 Å². The van der Waals surface area contributed by atoms with Gasteiger partial charge in [-0.2, -0.15) is 5.10 Å². The first-order chi connectivity index (χ1) is 12.0. The Labute approximate surface area is 149 Å². The molecule has 0 unspecified atom stereocenters. The molecular formula is C17H16ClN5O2. The minimum Gasteiger partial charge on any atom is -0.350 e. The van der Waals surface area contributed by atoms with Crippen molar-refractivity contribution in [3.8, 4) is 11.3 Å². The smallest absolute Gasteiger partial charge is 0.292 e. The predicted octanol–water partition coefficient (Wildman–Crippen LogP) is 2.63. The summed E-state index contributed by atoms with van der Waals surface area (Å²) in [5, 5.41) is 8.79. The van der Waals surface area contributed by atoms with Crippen molar-refractivity contribution < 1.29 is 9.32 Å². The van der Waals surface area contributed by atoms with Gasteiger partial charge in [0, 0.05) is 55.8 Å². The van der Waals surface area contributed by atoms with Crippen LogP contribution in [0.15, 0.2) is 29.0 Å². The SMILES string of the molecule is Cc1c(-c2cc(C(=O)N3CCc4ncc(Cl)cc4C3)on2)cnn1C. The third-order valence-electron chi connectivity index (χ3n) is 4.53. The maximum atomic E-state index is 12.7. The molecule has 0 saturated heterocycles. The van der Waals surface area contributed by atoms with E-state index in [2.05, 4.69) is 15.2 Å². The minimum absolute atomic E-state index is 0.189. The van der Waals surface area contributed by atoms with Crippen LogP contribution in [-0.2, 0) is 20.0 Å². The van der Waals surface area contributed by atoms with Crippen molar-refractivity contribution in [2.24, 2.45) is 7.05 Å². The highest BCUT2D eigenvalue weighted by Gasteiger charge is 2.26. The zero-order valence-corrected chi connectivity index (χ0v) is 14.6. The minimum atomic E-state index is -0.189. The molecule has 128 valence electrons. The number of rotatable bonds is 2. The van der Waals surface area contributed by atoms with E-state index in [1.807, 2.05) is 20.0 Å². The number of carbonyl (C=O) groups excluding carboxylic acids is 1. The third-order valence-corrected chi connectivity index (χ3v) is 4.73. The number of nitrogens with zero attached hydrogens (tertiary/aromatic N) is 5. The van der Waals surface area contributed by atoms with Crippen molar-refractivity contribution in [2.45, 2.75) is 19.9 Å². The Hall–Kier alpha value is -2.67. The van der Waals surface area contributed by atoms with Crippen molar-refractivity contribution in [1.82, 2.24) is 24.8 Å². The summed E-state index contributed by atoms with van der Waals surface area (Å²) in [7, 11) is 1.86. The molecule has 3 aromatic heterocycles. The van der Waals surface area contributed by atoms with Gasteiger partial charge in [-0.25, -0.2) is 0 Å². The Kier molecular flexibility index (Phi) is 3.80. The summed E-state index contributed by atoms with van der Waals surface area (Å²) >= 11 is 6.01. The molecule has 7 nitrogen and oxygen atoms in total. The topological polar surface area (TPSA) is 77.1 Å². The summed E-state index contributed by atoms with van der Waals surface area (Å²) in [5.41, 5.74) is 4.37. The lowest BCUT2D eigenvalue weighted by atomic mass is 10.1. The highest BCUT2D eigenvalue weighted by atomic mass is 35.5. The maximum absolute atomic E-state index is 12.7. The van der Waals surface area contributed by atoms with Gasteiger partial charge in [-0.15, -0.1) is 0 Å². The molecule has 0 aliphatic carbocycles. The van der Waals surface area contributed by atoms with Gasteiger partial charge in [-0.1, -0.05) is 16.8 Å². The fourth-order valence-electron chi connectivity index (χ4n) is 2.98. The fourth-order valence-corrected chi connectivity index (χ4v) is 3.16. The van der Waals surface area contributed by atoms with E-state index in [0.29, 0.717) is 30.2 Å². The van der Waals surface area contributed by atoms with Crippen LogP contribution < -0.4 is 0 Å². The number of halogens is 1. The Morgan fingerprint density at radius 1 is 1.32 bits per heavy atom. The quantitative estimate of drug-likeness (QED) is 0.704. The number of amides is 1. The van der Waals surface area contributed by atoms with Crippen LogP contribution in [-0.4, -0.2) is 37.3 Å². The van der Waals surface area contributed by atoms with Gasteiger partial charge in [-0.05, 0) is 18.6 Å². The molecule has 3 aromatic rings. The molecule has 1 amide bonds. The Morgan fingerprint density at radius 3 is 2.92 bits per heavy atom. The van der Waals surface area contributed by atoms with E-state index in [1.165, 1.54) is 0 Å². The van der Waals surface area contributed by atoms with Gasteiger partial charge in [0.25, 0.3) is 5.91 Å². The molecule has 0 N–H and O–H groups in total. The van der Waals surface area contributed by atoms with Gasteiger partial charge >= 0.3 is 0 Å². The van der Waals surface area contributed by atoms with Crippen LogP contribution in [0.2, 0.25) is 5.02 Å². The van der Waals surface area contributed by atoms with E-state index in [0.717, 1.165) is 22.5 Å². The van der Waals surface area contributed by atoms with Gasteiger partial charge < -0.3 is 9.42 Å². The zero-order valence-electron chi connectivity index (χ0n) is 13.9. The maximum Gasteiger partial charge on any atom is 0.292 e. The highest BCUT2D eigenvalue weighted by molar-refractivity contribution is 6.30. The lowest BCUT2D eigenvalue weighted by Gasteiger charge is -2.27. The second-order valence-corrected chi connectivity index (χ2v) is 6.52. The van der Waals surface area contributed by atoms with Crippen LogP contribution in [0.4, 0.5) is 0 Å². The van der Waals surface area contributed by atoms with E-state index < -0.39 is 0 Å². The number of carbonyl (C=O) groups is 1. The number of aryl methyl sites for hydroxylation is 1. The molecule has 0 spiro atoms. The molecule has 4 heterocycles. The zero-order chi connectivity index (χ0) is 17.6. The third kappa shape index (κ3) is 2.80. The lowest BCUT2D eigenvalue weighted by molar-refractivity contribution is 0.0691. The van der Waals surface area contributed by atoms with Gasteiger partial charge in [0.1, 0.15) is 5.69 Å². The molecule has 25 heavy (non-hydrogen) atoms. The molecule has 1 aliphatic heterocycles. The van der Waals surface area contributed by atoms with Crippen LogP contribution >= 0.6 is 11.6 Å². The second kappa shape index (κ2) is 6.00. The normalized spacial score (nSPS) is 13.8. The lowest BCUT2D eigenvalue weighted by Crippen LogP contribution is -2.36. The van der Waals surface area contributed by atoms with Crippen LogP contribution in [0.1, 0.15) is 27.5 Å².